The number of amides is 1. The molecule has 6 heteroatoms. The summed E-state index contributed by atoms with van der Waals surface area (Å²) in [7, 11) is 0. The summed E-state index contributed by atoms with van der Waals surface area (Å²) < 4.78 is 43.4. The molecule has 21 heavy (non-hydrogen) atoms. The second kappa shape index (κ2) is 4.93. The van der Waals surface area contributed by atoms with E-state index >= 15 is 0 Å². The van der Waals surface area contributed by atoms with E-state index in [9.17, 15) is 18.0 Å². The summed E-state index contributed by atoms with van der Waals surface area (Å²) in [5.74, 6) is 0. The van der Waals surface area contributed by atoms with Crippen LogP contribution in [0, 0.1) is 0 Å². The van der Waals surface area contributed by atoms with Gasteiger partial charge in [0.2, 0.25) is 0 Å². The van der Waals surface area contributed by atoms with Gasteiger partial charge in [0.15, 0.2) is 0 Å². The number of hydrogen-bond acceptors (Lipinski definition) is 2. The molecule has 0 radical (unpaired) electrons. The maximum atomic E-state index is 12.7. The lowest BCUT2D eigenvalue weighted by Crippen LogP contribution is -2.39. The number of nitrogens with one attached hydrogen (secondary N) is 1. The van der Waals surface area contributed by atoms with Crippen molar-refractivity contribution in [1.82, 2.24) is 5.32 Å². The zero-order chi connectivity index (χ0) is 15.9. The minimum atomic E-state index is -4.39. The standard InChI is InChI=1S/C15H18F3NO2/c1-13(2,3)21-12(20)19-14(7-8-14)10-5-4-6-11(9-10)15(16,17)18/h4-6,9H,7-8H2,1-3H3,(H,19,20). The molecule has 0 aliphatic heterocycles. The minimum absolute atomic E-state index is 0.461. The largest absolute Gasteiger partial charge is 0.444 e. The van der Waals surface area contributed by atoms with Gasteiger partial charge in [0.1, 0.15) is 5.60 Å². The van der Waals surface area contributed by atoms with Crippen molar-refractivity contribution in [2.75, 3.05) is 0 Å². The SMILES string of the molecule is CC(C)(C)OC(=O)NC1(c2cccc(C(F)(F)F)c2)CC1. The molecule has 1 fully saturated rings. The van der Waals surface area contributed by atoms with Crippen LogP contribution < -0.4 is 5.32 Å². The van der Waals surface area contributed by atoms with E-state index in [1.165, 1.54) is 6.07 Å². The first-order valence-corrected chi connectivity index (χ1v) is 6.71. The summed E-state index contributed by atoms with van der Waals surface area (Å²) in [6, 6.07) is 5.06. The van der Waals surface area contributed by atoms with Crippen LogP contribution in [0.15, 0.2) is 24.3 Å². The number of benzene rings is 1. The Kier molecular flexibility index (Phi) is 3.68. The molecule has 1 aliphatic rings. The van der Waals surface area contributed by atoms with E-state index in [0.29, 0.717) is 18.4 Å². The summed E-state index contributed by atoms with van der Waals surface area (Å²) in [4.78, 5) is 11.8. The van der Waals surface area contributed by atoms with E-state index in [0.717, 1.165) is 12.1 Å². The molecule has 1 aromatic rings. The first kappa shape index (κ1) is 15.7. The van der Waals surface area contributed by atoms with Gasteiger partial charge in [0.25, 0.3) is 0 Å². The van der Waals surface area contributed by atoms with Crippen LogP contribution in [0.5, 0.6) is 0 Å². The van der Waals surface area contributed by atoms with Crippen molar-refractivity contribution in [2.45, 2.75) is 50.9 Å². The number of rotatable bonds is 2. The summed E-state index contributed by atoms with van der Waals surface area (Å²) in [6.45, 7) is 5.20. The van der Waals surface area contributed by atoms with Crippen LogP contribution in [0.2, 0.25) is 0 Å². The zero-order valence-electron chi connectivity index (χ0n) is 12.2. The highest BCUT2D eigenvalue weighted by Gasteiger charge is 2.47. The van der Waals surface area contributed by atoms with Crippen molar-refractivity contribution in [1.29, 1.82) is 0 Å². The number of ether oxygens (including phenoxy) is 1. The topological polar surface area (TPSA) is 38.3 Å². The monoisotopic (exact) mass is 301 g/mol. The van der Waals surface area contributed by atoms with Crippen molar-refractivity contribution in [3.63, 3.8) is 0 Å². The Labute approximate surface area is 121 Å². The Hall–Kier alpha value is -1.72. The Bertz CT molecular complexity index is 543. The average Bonchev–Trinajstić information content (AvgIpc) is 3.06. The van der Waals surface area contributed by atoms with Crippen molar-refractivity contribution < 1.29 is 22.7 Å². The van der Waals surface area contributed by atoms with Gasteiger partial charge < -0.3 is 10.1 Å². The Balaban J connectivity index is 2.16. The third-order valence-electron chi connectivity index (χ3n) is 3.23. The quantitative estimate of drug-likeness (QED) is 0.888. The molecule has 0 atom stereocenters. The van der Waals surface area contributed by atoms with Crippen LogP contribution in [0.4, 0.5) is 18.0 Å². The number of carbonyl (C=O) groups is 1. The highest BCUT2D eigenvalue weighted by molar-refractivity contribution is 5.70. The summed E-state index contributed by atoms with van der Waals surface area (Å²) in [5, 5.41) is 2.69. The lowest BCUT2D eigenvalue weighted by atomic mass is 10.0. The first-order chi connectivity index (χ1) is 9.52. The second-order valence-electron chi connectivity index (χ2n) is 6.29. The Morgan fingerprint density at radius 1 is 1.24 bits per heavy atom. The van der Waals surface area contributed by atoms with Gasteiger partial charge in [-0.05, 0) is 51.3 Å². The smallest absolute Gasteiger partial charge is 0.416 e. The number of carbonyl (C=O) groups excluding carboxylic acids is 1. The highest BCUT2D eigenvalue weighted by atomic mass is 19.4. The van der Waals surface area contributed by atoms with Gasteiger partial charge in [-0.3, -0.25) is 0 Å². The normalized spacial score (nSPS) is 17.2. The van der Waals surface area contributed by atoms with E-state index in [1.54, 1.807) is 26.8 Å². The second-order valence-corrected chi connectivity index (χ2v) is 6.29. The van der Waals surface area contributed by atoms with Gasteiger partial charge in [0, 0.05) is 0 Å². The van der Waals surface area contributed by atoms with Crippen LogP contribution in [0.1, 0.15) is 44.7 Å². The third kappa shape index (κ3) is 3.89. The van der Waals surface area contributed by atoms with Gasteiger partial charge in [0.05, 0.1) is 11.1 Å². The van der Waals surface area contributed by atoms with Gasteiger partial charge in [-0.15, -0.1) is 0 Å². The Morgan fingerprint density at radius 3 is 2.33 bits per heavy atom. The highest BCUT2D eigenvalue weighted by Crippen LogP contribution is 2.46. The summed E-state index contributed by atoms with van der Waals surface area (Å²) in [5.41, 5.74) is -1.63. The molecule has 0 unspecified atom stereocenters. The van der Waals surface area contributed by atoms with Crippen LogP contribution in [0.3, 0.4) is 0 Å². The predicted molar refractivity (Wildman–Crippen MR) is 71.7 cm³/mol. The molecule has 1 aromatic carbocycles. The fraction of sp³-hybridized carbons (Fsp3) is 0.533. The minimum Gasteiger partial charge on any atom is -0.444 e. The maximum Gasteiger partial charge on any atom is 0.416 e. The molecule has 116 valence electrons. The van der Waals surface area contributed by atoms with Crippen molar-refractivity contribution >= 4 is 6.09 Å². The molecule has 0 bridgehead atoms. The van der Waals surface area contributed by atoms with Crippen LogP contribution in [0.25, 0.3) is 0 Å². The molecular weight excluding hydrogens is 283 g/mol. The van der Waals surface area contributed by atoms with Gasteiger partial charge in [-0.1, -0.05) is 12.1 Å². The van der Waals surface area contributed by atoms with E-state index in [-0.39, 0.29) is 0 Å². The fourth-order valence-corrected chi connectivity index (χ4v) is 2.10. The molecular formula is C15H18F3NO2. The molecule has 1 saturated carbocycles. The Morgan fingerprint density at radius 2 is 1.86 bits per heavy atom. The summed E-state index contributed by atoms with van der Waals surface area (Å²) >= 11 is 0. The predicted octanol–water partition coefficient (Wildman–Crippen LogP) is 4.22. The van der Waals surface area contributed by atoms with E-state index in [2.05, 4.69) is 5.32 Å². The van der Waals surface area contributed by atoms with Gasteiger partial charge in [-0.2, -0.15) is 13.2 Å². The van der Waals surface area contributed by atoms with E-state index in [4.69, 9.17) is 4.74 Å². The van der Waals surface area contributed by atoms with Gasteiger partial charge in [-0.25, -0.2) is 4.79 Å². The molecule has 1 N–H and O–H groups in total. The molecule has 1 amide bonds. The third-order valence-corrected chi connectivity index (χ3v) is 3.23. The first-order valence-electron chi connectivity index (χ1n) is 6.71. The number of hydrogen-bond donors (Lipinski definition) is 1. The van der Waals surface area contributed by atoms with Crippen molar-refractivity contribution in [2.24, 2.45) is 0 Å². The fourth-order valence-electron chi connectivity index (χ4n) is 2.10. The van der Waals surface area contributed by atoms with Crippen LogP contribution in [-0.4, -0.2) is 11.7 Å². The van der Waals surface area contributed by atoms with Crippen molar-refractivity contribution in [3.05, 3.63) is 35.4 Å². The maximum absolute atomic E-state index is 12.7. The number of halogens is 3. The molecule has 0 aromatic heterocycles. The molecule has 0 saturated heterocycles. The molecule has 0 heterocycles. The number of alkyl halides is 3. The van der Waals surface area contributed by atoms with Gasteiger partial charge >= 0.3 is 12.3 Å². The average molecular weight is 301 g/mol. The van der Waals surface area contributed by atoms with Crippen molar-refractivity contribution in [3.8, 4) is 0 Å². The lowest BCUT2D eigenvalue weighted by molar-refractivity contribution is -0.137. The molecule has 2 rings (SSSR count). The van der Waals surface area contributed by atoms with Crippen LogP contribution in [-0.2, 0) is 16.5 Å². The van der Waals surface area contributed by atoms with E-state index in [1.807, 2.05) is 0 Å². The van der Waals surface area contributed by atoms with Crippen LogP contribution >= 0.6 is 0 Å². The molecule has 1 aliphatic carbocycles. The number of alkyl carbamates (subject to hydrolysis) is 1. The lowest BCUT2D eigenvalue weighted by Gasteiger charge is -2.24. The zero-order valence-corrected chi connectivity index (χ0v) is 12.2. The summed E-state index contributed by atoms with van der Waals surface area (Å²) in [6.07, 6.45) is -3.79. The molecule has 0 spiro atoms. The molecule has 3 nitrogen and oxygen atoms in total. The van der Waals surface area contributed by atoms with E-state index < -0.39 is 29.0 Å².